The van der Waals surface area contributed by atoms with E-state index in [4.69, 9.17) is 27.5 Å². The molecule has 0 saturated carbocycles. The predicted molar refractivity (Wildman–Crippen MR) is 75.6 cm³/mol. The summed E-state index contributed by atoms with van der Waals surface area (Å²) in [7, 11) is 0. The van der Waals surface area contributed by atoms with Gasteiger partial charge in [-0.3, -0.25) is 5.41 Å². The van der Waals surface area contributed by atoms with E-state index >= 15 is 0 Å². The van der Waals surface area contributed by atoms with E-state index in [1.54, 1.807) is 18.2 Å². The van der Waals surface area contributed by atoms with Crippen molar-refractivity contribution in [2.45, 2.75) is 13.3 Å². The monoisotopic (exact) mass is 272 g/mol. The van der Waals surface area contributed by atoms with Crippen LogP contribution in [0.15, 0.2) is 18.2 Å². The highest BCUT2D eigenvalue weighted by Gasteiger charge is 2.10. The highest BCUT2D eigenvalue weighted by Crippen LogP contribution is 2.25. The zero-order chi connectivity index (χ0) is 12.7. The molecule has 94 valence electrons. The number of thioether (sulfide) groups is 1. The molecule has 0 radical (unpaired) electrons. The Morgan fingerprint density at radius 1 is 1.53 bits per heavy atom. The van der Waals surface area contributed by atoms with Crippen molar-refractivity contribution >= 4 is 29.2 Å². The minimum Gasteiger partial charge on any atom is -0.493 e. The van der Waals surface area contributed by atoms with E-state index in [1.165, 1.54) is 0 Å². The Bertz CT molecular complexity index is 385. The molecule has 0 spiro atoms. The van der Waals surface area contributed by atoms with Crippen molar-refractivity contribution in [3.05, 3.63) is 28.8 Å². The lowest BCUT2D eigenvalue weighted by Gasteiger charge is -2.11. The minimum absolute atomic E-state index is 0.0615. The molecule has 0 fully saturated rings. The number of nitrogens with two attached hydrogens (primary N) is 1. The quantitative estimate of drug-likeness (QED) is 0.455. The fourth-order valence-electron chi connectivity index (χ4n) is 1.37. The first-order valence-corrected chi connectivity index (χ1v) is 7.03. The van der Waals surface area contributed by atoms with Crippen molar-refractivity contribution in [3.63, 3.8) is 0 Å². The standard InChI is InChI=1S/C12H17ClN2OS/c1-2-17-8-4-7-16-10-6-3-5-9(13)11(10)12(14)15/h3,5-6H,2,4,7-8H2,1H3,(H3,14,15). The molecule has 3 N–H and O–H groups in total. The number of halogens is 1. The van der Waals surface area contributed by atoms with Crippen LogP contribution >= 0.6 is 23.4 Å². The number of nitrogens with one attached hydrogen (secondary N) is 1. The molecule has 0 heterocycles. The third kappa shape index (κ3) is 4.48. The second-order valence-corrected chi connectivity index (χ2v) is 5.23. The molecule has 0 saturated heterocycles. The maximum atomic E-state index is 7.47. The van der Waals surface area contributed by atoms with E-state index in [0.29, 0.717) is 22.9 Å². The van der Waals surface area contributed by atoms with E-state index < -0.39 is 0 Å². The average Bonchev–Trinajstić information content (AvgIpc) is 2.28. The zero-order valence-corrected chi connectivity index (χ0v) is 11.4. The van der Waals surface area contributed by atoms with E-state index in [2.05, 4.69) is 6.92 Å². The van der Waals surface area contributed by atoms with Gasteiger partial charge in [0.1, 0.15) is 11.6 Å². The lowest BCUT2D eigenvalue weighted by Crippen LogP contribution is -2.14. The number of ether oxygens (including phenoxy) is 1. The van der Waals surface area contributed by atoms with Crippen molar-refractivity contribution in [2.24, 2.45) is 5.73 Å². The van der Waals surface area contributed by atoms with Gasteiger partial charge in [-0.05, 0) is 30.1 Å². The topological polar surface area (TPSA) is 59.1 Å². The normalized spacial score (nSPS) is 10.2. The van der Waals surface area contributed by atoms with Crippen LogP contribution in [0.4, 0.5) is 0 Å². The van der Waals surface area contributed by atoms with Crippen LogP contribution in [-0.2, 0) is 0 Å². The molecule has 17 heavy (non-hydrogen) atoms. The summed E-state index contributed by atoms with van der Waals surface area (Å²) in [6.07, 6.45) is 0.975. The molecular formula is C12H17ClN2OS. The fourth-order valence-corrected chi connectivity index (χ4v) is 2.25. The van der Waals surface area contributed by atoms with Crippen LogP contribution in [0.1, 0.15) is 18.9 Å². The molecule has 0 aliphatic carbocycles. The Labute approximate surface area is 111 Å². The summed E-state index contributed by atoms with van der Waals surface area (Å²) >= 11 is 7.87. The molecule has 1 aromatic rings. The van der Waals surface area contributed by atoms with Gasteiger partial charge < -0.3 is 10.5 Å². The maximum Gasteiger partial charge on any atom is 0.131 e. The molecular weight excluding hydrogens is 256 g/mol. The molecule has 0 aliphatic rings. The van der Waals surface area contributed by atoms with Crippen molar-refractivity contribution < 1.29 is 4.74 Å². The van der Waals surface area contributed by atoms with Gasteiger partial charge in [0.15, 0.2) is 0 Å². The second kappa shape index (κ2) is 7.45. The Hall–Kier alpha value is -0.870. The number of nitrogen functional groups attached to an aromatic ring is 1. The third-order valence-electron chi connectivity index (χ3n) is 2.14. The van der Waals surface area contributed by atoms with E-state index in [9.17, 15) is 0 Å². The summed E-state index contributed by atoms with van der Waals surface area (Å²) in [6, 6.07) is 5.29. The molecule has 0 bridgehead atoms. The first-order valence-electron chi connectivity index (χ1n) is 5.50. The minimum atomic E-state index is -0.0615. The first-order chi connectivity index (χ1) is 8.16. The molecule has 0 amide bonds. The number of amidine groups is 1. The molecule has 0 aromatic heterocycles. The van der Waals surface area contributed by atoms with Gasteiger partial charge in [0.2, 0.25) is 0 Å². The lowest BCUT2D eigenvalue weighted by molar-refractivity contribution is 0.318. The lowest BCUT2D eigenvalue weighted by atomic mass is 10.2. The van der Waals surface area contributed by atoms with Crippen LogP contribution < -0.4 is 10.5 Å². The SMILES string of the molecule is CCSCCCOc1cccc(Cl)c1C(=N)N. The molecule has 1 rings (SSSR count). The van der Waals surface area contributed by atoms with Crippen molar-refractivity contribution in [1.29, 1.82) is 5.41 Å². The van der Waals surface area contributed by atoms with Crippen LogP contribution in [0.3, 0.4) is 0 Å². The van der Waals surface area contributed by atoms with Crippen molar-refractivity contribution in [2.75, 3.05) is 18.1 Å². The van der Waals surface area contributed by atoms with Gasteiger partial charge in [0.05, 0.1) is 17.2 Å². The Kier molecular flexibility index (Phi) is 6.22. The summed E-state index contributed by atoms with van der Waals surface area (Å²) in [5, 5.41) is 7.93. The Morgan fingerprint density at radius 3 is 2.94 bits per heavy atom. The number of hydrogen-bond acceptors (Lipinski definition) is 3. The van der Waals surface area contributed by atoms with Gasteiger partial charge in [0.25, 0.3) is 0 Å². The smallest absolute Gasteiger partial charge is 0.131 e. The predicted octanol–water partition coefficient (Wildman–Crippen LogP) is 3.15. The van der Waals surface area contributed by atoms with Gasteiger partial charge in [-0.25, -0.2) is 0 Å². The Morgan fingerprint density at radius 2 is 2.29 bits per heavy atom. The molecule has 0 aliphatic heterocycles. The third-order valence-corrected chi connectivity index (χ3v) is 3.44. The van der Waals surface area contributed by atoms with Gasteiger partial charge in [-0.1, -0.05) is 24.6 Å². The summed E-state index contributed by atoms with van der Waals surface area (Å²) in [5.41, 5.74) is 5.97. The largest absolute Gasteiger partial charge is 0.493 e. The summed E-state index contributed by atoms with van der Waals surface area (Å²) < 4.78 is 5.61. The van der Waals surface area contributed by atoms with E-state index in [-0.39, 0.29) is 5.84 Å². The maximum absolute atomic E-state index is 7.47. The highest BCUT2D eigenvalue weighted by atomic mass is 35.5. The first kappa shape index (κ1) is 14.2. The van der Waals surface area contributed by atoms with E-state index in [0.717, 1.165) is 17.9 Å². The van der Waals surface area contributed by atoms with Crippen LogP contribution in [0.5, 0.6) is 5.75 Å². The number of rotatable bonds is 7. The Balaban J connectivity index is 2.58. The van der Waals surface area contributed by atoms with Gasteiger partial charge in [-0.2, -0.15) is 11.8 Å². The summed E-state index contributed by atoms with van der Waals surface area (Å²) in [6.45, 7) is 2.75. The molecule has 0 unspecified atom stereocenters. The van der Waals surface area contributed by atoms with E-state index in [1.807, 2.05) is 11.8 Å². The van der Waals surface area contributed by atoms with Gasteiger partial charge >= 0.3 is 0 Å². The number of hydrogen-bond donors (Lipinski definition) is 2. The average molecular weight is 273 g/mol. The molecule has 0 atom stereocenters. The van der Waals surface area contributed by atoms with Crippen molar-refractivity contribution in [1.82, 2.24) is 0 Å². The summed E-state index contributed by atoms with van der Waals surface area (Å²) in [5.74, 6) is 2.72. The zero-order valence-electron chi connectivity index (χ0n) is 9.83. The van der Waals surface area contributed by atoms with Crippen LogP contribution in [0.25, 0.3) is 0 Å². The molecule has 5 heteroatoms. The van der Waals surface area contributed by atoms with Crippen LogP contribution in [-0.4, -0.2) is 23.9 Å². The second-order valence-electron chi connectivity index (χ2n) is 3.43. The highest BCUT2D eigenvalue weighted by molar-refractivity contribution is 7.99. The van der Waals surface area contributed by atoms with Gasteiger partial charge in [0, 0.05) is 0 Å². The van der Waals surface area contributed by atoms with Crippen molar-refractivity contribution in [3.8, 4) is 5.75 Å². The number of benzene rings is 1. The summed E-state index contributed by atoms with van der Waals surface area (Å²) in [4.78, 5) is 0. The fraction of sp³-hybridized carbons (Fsp3) is 0.417. The van der Waals surface area contributed by atoms with Gasteiger partial charge in [-0.15, -0.1) is 0 Å². The molecule has 3 nitrogen and oxygen atoms in total. The molecule has 1 aromatic carbocycles. The van der Waals surface area contributed by atoms with Crippen LogP contribution in [0.2, 0.25) is 5.02 Å². The van der Waals surface area contributed by atoms with Crippen LogP contribution in [0, 0.1) is 5.41 Å².